The van der Waals surface area contributed by atoms with Gasteiger partial charge in [-0.25, -0.2) is 0 Å². The average molecular weight is 564 g/mol. The highest BCUT2D eigenvalue weighted by Crippen LogP contribution is 2.36. The van der Waals surface area contributed by atoms with Gasteiger partial charge in [0, 0.05) is 6.61 Å². The summed E-state index contributed by atoms with van der Waals surface area (Å²) in [6.45, 7) is 3.40. The van der Waals surface area contributed by atoms with E-state index in [0.29, 0.717) is 25.9 Å². The van der Waals surface area contributed by atoms with Crippen molar-refractivity contribution in [3.05, 3.63) is 0 Å². The van der Waals surface area contributed by atoms with Gasteiger partial charge >= 0.3 is 0 Å². The van der Waals surface area contributed by atoms with Gasteiger partial charge in [-0.2, -0.15) is 0 Å². The van der Waals surface area contributed by atoms with E-state index in [1.165, 1.54) is 0 Å². The zero-order valence-corrected chi connectivity index (χ0v) is 22.6. The molecule has 4 rings (SSSR count). The lowest BCUT2D eigenvalue weighted by molar-refractivity contribution is -0.352. The quantitative estimate of drug-likeness (QED) is 0.223. The maximum absolute atomic E-state index is 12.1. The Bertz CT molecular complexity index is 790. The Hall–Kier alpha value is -0.970. The minimum atomic E-state index is -1.46. The Labute approximate surface area is 228 Å². The topological polar surface area (TPSA) is 200 Å². The third-order valence-electron chi connectivity index (χ3n) is 8.34. The van der Waals surface area contributed by atoms with E-state index in [-0.39, 0.29) is 5.92 Å². The van der Waals surface area contributed by atoms with E-state index in [2.05, 4.69) is 0 Å². The second-order valence-electron chi connectivity index (χ2n) is 11.3. The maximum atomic E-state index is 12.1. The van der Waals surface area contributed by atoms with Crippen LogP contribution in [0.5, 0.6) is 0 Å². The number of hydrogen-bond donors (Lipinski definition) is 6. The fourth-order valence-electron chi connectivity index (χ4n) is 5.93. The van der Waals surface area contributed by atoms with Crippen molar-refractivity contribution in [3.63, 3.8) is 0 Å². The van der Waals surface area contributed by atoms with E-state index in [0.717, 1.165) is 25.7 Å². The first kappa shape index (κ1) is 31.0. The van der Waals surface area contributed by atoms with Crippen LogP contribution in [0.3, 0.4) is 0 Å². The van der Waals surface area contributed by atoms with Crippen LogP contribution in [-0.4, -0.2) is 124 Å². The molecule has 3 aliphatic heterocycles. The summed E-state index contributed by atoms with van der Waals surface area (Å²) in [6, 6.07) is 0. The normalized spacial score (nSPS) is 48.2. The molecule has 1 aliphatic carbocycles. The lowest BCUT2D eigenvalue weighted by atomic mass is 9.85. The summed E-state index contributed by atoms with van der Waals surface area (Å²) in [5.74, 6) is -0.661. The molecule has 14 atom stereocenters. The van der Waals surface area contributed by atoms with Crippen LogP contribution in [0.1, 0.15) is 58.8 Å². The molecule has 7 N–H and O–H groups in total. The van der Waals surface area contributed by atoms with Crippen molar-refractivity contribution in [2.45, 2.75) is 139 Å². The maximum Gasteiger partial charge on any atom is 0.246 e. The van der Waals surface area contributed by atoms with Gasteiger partial charge in [-0.05, 0) is 38.5 Å². The Morgan fingerprint density at radius 2 is 1.59 bits per heavy atom. The Balaban J connectivity index is 1.54. The first-order valence-corrected chi connectivity index (χ1v) is 14.1. The minimum absolute atomic E-state index is 0.0158. The third-order valence-corrected chi connectivity index (χ3v) is 8.34. The van der Waals surface area contributed by atoms with Crippen LogP contribution in [0.15, 0.2) is 0 Å². The molecule has 4 fully saturated rings. The lowest BCUT2D eigenvalue weighted by Gasteiger charge is -2.48. The van der Waals surface area contributed by atoms with Gasteiger partial charge in [0.1, 0.15) is 48.8 Å². The molecule has 0 aromatic rings. The van der Waals surface area contributed by atoms with Crippen molar-refractivity contribution in [2.24, 2.45) is 11.7 Å². The summed E-state index contributed by atoms with van der Waals surface area (Å²) in [5, 5.41) is 51.7. The van der Waals surface area contributed by atoms with Gasteiger partial charge in [-0.15, -0.1) is 0 Å². The second-order valence-corrected chi connectivity index (χ2v) is 11.3. The number of fused-ring (bicyclic) bond motifs is 1. The Kier molecular flexibility index (Phi) is 11.0. The van der Waals surface area contributed by atoms with Gasteiger partial charge in [0.05, 0.1) is 24.9 Å². The van der Waals surface area contributed by atoms with Crippen molar-refractivity contribution in [1.82, 2.24) is 0 Å². The first-order chi connectivity index (χ1) is 18.6. The minimum Gasteiger partial charge on any atom is -0.394 e. The van der Waals surface area contributed by atoms with Crippen LogP contribution in [0.4, 0.5) is 0 Å². The number of aliphatic hydroxyl groups excluding tert-OH is 5. The smallest absolute Gasteiger partial charge is 0.246 e. The molecule has 0 radical (unpaired) electrons. The number of carbonyl (C=O) groups excluding carboxylic acids is 1. The van der Waals surface area contributed by atoms with Crippen LogP contribution in [-0.2, 0) is 33.2 Å². The zero-order valence-electron chi connectivity index (χ0n) is 22.6. The highest BCUT2D eigenvalue weighted by molar-refractivity contribution is 5.78. The number of ether oxygens (including phenoxy) is 6. The summed E-state index contributed by atoms with van der Waals surface area (Å²) in [5.41, 5.74) is 5.58. The first-order valence-electron chi connectivity index (χ1n) is 14.1. The second kappa shape index (κ2) is 13.8. The molecule has 39 heavy (non-hydrogen) atoms. The molecule has 3 heterocycles. The molecule has 3 saturated heterocycles. The molecule has 1 saturated carbocycles. The van der Waals surface area contributed by atoms with Crippen LogP contribution in [0, 0.1) is 5.92 Å². The van der Waals surface area contributed by atoms with Crippen molar-refractivity contribution in [2.75, 3.05) is 13.2 Å². The Morgan fingerprint density at radius 1 is 0.821 bits per heavy atom. The molecule has 13 heteroatoms. The van der Waals surface area contributed by atoms with E-state index >= 15 is 0 Å². The molecule has 13 nitrogen and oxygen atoms in total. The molecule has 0 spiro atoms. The number of aliphatic hydroxyl groups is 5. The summed E-state index contributed by atoms with van der Waals surface area (Å²) in [6.07, 6.45) is -8.70. The largest absolute Gasteiger partial charge is 0.394 e. The van der Waals surface area contributed by atoms with Gasteiger partial charge < -0.3 is 59.7 Å². The molecule has 0 aromatic carbocycles. The van der Waals surface area contributed by atoms with Crippen molar-refractivity contribution >= 4 is 5.91 Å². The third kappa shape index (κ3) is 7.09. The molecule has 0 bridgehead atoms. The van der Waals surface area contributed by atoms with Gasteiger partial charge in [0.15, 0.2) is 12.6 Å². The fourth-order valence-corrected chi connectivity index (χ4v) is 5.93. The zero-order chi connectivity index (χ0) is 28.3. The molecular weight excluding hydrogens is 518 g/mol. The number of nitrogens with two attached hydrogens (primary N) is 1. The van der Waals surface area contributed by atoms with Gasteiger partial charge in [0.25, 0.3) is 0 Å². The van der Waals surface area contributed by atoms with Crippen molar-refractivity contribution < 1.29 is 58.7 Å². The van der Waals surface area contributed by atoms with E-state index in [4.69, 9.17) is 34.2 Å². The number of hydrogen-bond acceptors (Lipinski definition) is 12. The standard InChI is InChI=1S/C26H45NO12/c1-12-7-6-9-14(21(12)39-25-20(32)19(31)17(29)13(2)35-25)37-26-23-22(18(30)16(11-28)38-26)36-15(24(27)33)8-4-3-5-10-34-23/h12-23,25-26,28-32H,3-11H2,1-2H3,(H2,27,33)/t12?,13?,14-,15-,16?,17-,18+,19?,20+,21?,22?,23?,25+,26-/m1/s1. The molecule has 4 aliphatic rings. The predicted octanol–water partition coefficient (Wildman–Crippen LogP) is -1.32. The highest BCUT2D eigenvalue weighted by Gasteiger charge is 2.51. The average Bonchev–Trinajstić information content (AvgIpc) is 2.91. The fraction of sp³-hybridized carbons (Fsp3) is 0.962. The van der Waals surface area contributed by atoms with Gasteiger partial charge in [-0.1, -0.05) is 26.2 Å². The van der Waals surface area contributed by atoms with Crippen LogP contribution in [0.25, 0.3) is 0 Å². The van der Waals surface area contributed by atoms with Crippen LogP contribution < -0.4 is 5.73 Å². The van der Waals surface area contributed by atoms with Gasteiger partial charge in [-0.3, -0.25) is 4.79 Å². The molecule has 226 valence electrons. The molecule has 0 aromatic heterocycles. The van der Waals surface area contributed by atoms with Crippen LogP contribution in [0.2, 0.25) is 0 Å². The lowest BCUT2D eigenvalue weighted by Crippen LogP contribution is -2.63. The van der Waals surface area contributed by atoms with E-state index in [9.17, 15) is 30.3 Å². The predicted molar refractivity (Wildman–Crippen MR) is 133 cm³/mol. The summed E-state index contributed by atoms with van der Waals surface area (Å²) in [7, 11) is 0. The van der Waals surface area contributed by atoms with Gasteiger partial charge in [0.2, 0.25) is 5.91 Å². The number of carbonyl (C=O) groups is 1. The summed E-state index contributed by atoms with van der Waals surface area (Å²) >= 11 is 0. The van der Waals surface area contributed by atoms with E-state index < -0.39 is 92.2 Å². The Morgan fingerprint density at radius 3 is 2.31 bits per heavy atom. The van der Waals surface area contributed by atoms with E-state index in [1.54, 1.807) is 6.92 Å². The number of rotatable bonds is 6. The molecular formula is C26H45NO12. The SMILES string of the molecule is CC1CCC[C@@H](O[C@@H]2OC(CO)[C@H](O)C3O[C@@H](C(N)=O)CCCCCOC32)C1O[C@@H]1OC(C)[C@@H](O)C(O)[C@@H]1O. The highest BCUT2D eigenvalue weighted by atomic mass is 16.7. The summed E-state index contributed by atoms with van der Waals surface area (Å²) in [4.78, 5) is 12.1. The van der Waals surface area contributed by atoms with Crippen molar-refractivity contribution in [3.8, 4) is 0 Å². The van der Waals surface area contributed by atoms with E-state index in [1.807, 2.05) is 6.92 Å². The summed E-state index contributed by atoms with van der Waals surface area (Å²) < 4.78 is 36.4. The molecule has 1 amide bonds. The number of primary amides is 1. The van der Waals surface area contributed by atoms with Crippen LogP contribution >= 0.6 is 0 Å². The number of amides is 1. The molecule has 7 unspecified atom stereocenters. The van der Waals surface area contributed by atoms with Crippen molar-refractivity contribution in [1.29, 1.82) is 0 Å². The monoisotopic (exact) mass is 563 g/mol.